The van der Waals surface area contributed by atoms with Crippen molar-refractivity contribution in [2.75, 3.05) is 46.1 Å². The second-order valence-electron chi connectivity index (χ2n) is 19.7. The molecule has 4 saturated heterocycles. The van der Waals surface area contributed by atoms with Gasteiger partial charge in [0.25, 0.3) is 22.7 Å². The SMILES string of the molecule is C=CCOCc1ccccc1[N+](=O)[O-].NN.O=C1CCC(=O)N1.O=C1CCC(=O)N1CC(O)COCc1ccccc1[N+](=O)[O-].O=C1CCC(=O)N1CC1COCc2ccccc2C1.O=[N+]([O-])c1ccccc1CBr.O=[N+]([O-])c1ccccc1COCC1CO1. The number of likely N-dealkylation sites (tertiary alicyclic amines) is 2. The van der Waals surface area contributed by atoms with E-state index in [0.717, 1.165) is 17.9 Å². The van der Waals surface area contributed by atoms with Crippen LogP contribution in [0.5, 0.6) is 0 Å². The van der Waals surface area contributed by atoms with E-state index >= 15 is 0 Å². The first-order chi connectivity index (χ1) is 43.3. The van der Waals surface area contributed by atoms with Crippen LogP contribution in [0.4, 0.5) is 22.7 Å². The molecule has 482 valence electrons. The van der Waals surface area contributed by atoms with Gasteiger partial charge in [-0.25, -0.2) is 0 Å². The molecule has 90 heavy (non-hydrogen) atoms. The van der Waals surface area contributed by atoms with E-state index < -0.39 is 20.9 Å². The summed E-state index contributed by atoms with van der Waals surface area (Å²) < 4.78 is 26.3. The van der Waals surface area contributed by atoms with E-state index in [4.69, 9.17) is 23.7 Å². The van der Waals surface area contributed by atoms with Gasteiger partial charge in [-0.3, -0.25) is 96.0 Å². The highest BCUT2D eigenvalue weighted by Gasteiger charge is 2.33. The van der Waals surface area contributed by atoms with Crippen molar-refractivity contribution >= 4 is 74.1 Å². The van der Waals surface area contributed by atoms with Crippen molar-refractivity contribution in [2.24, 2.45) is 17.6 Å². The number of nitrogens with two attached hydrogens (primary N) is 2. The quantitative estimate of drug-likeness (QED) is 0.00869. The number of alkyl halides is 1. The molecular weight excluding hydrogens is 1250 g/mol. The number of fused-ring (bicyclic) bond motifs is 1. The average Bonchev–Trinajstić information content (AvgIpc) is 3.44. The summed E-state index contributed by atoms with van der Waals surface area (Å²) in [5.74, 6) is 7.22. The third-order valence-corrected chi connectivity index (χ3v) is 13.8. The maximum Gasteiger partial charge on any atom is 0.274 e. The molecule has 6 amide bonds. The Labute approximate surface area is 524 Å². The number of para-hydroxylation sites is 4. The minimum absolute atomic E-state index is 0.0316. The van der Waals surface area contributed by atoms with Crippen molar-refractivity contribution in [1.29, 1.82) is 0 Å². The van der Waals surface area contributed by atoms with Crippen LogP contribution in [0.25, 0.3) is 0 Å². The van der Waals surface area contributed by atoms with Crippen LogP contribution in [-0.2, 0) is 90.6 Å². The Hall–Kier alpha value is -8.98. The summed E-state index contributed by atoms with van der Waals surface area (Å²) in [5.41, 5.74) is 5.08. The van der Waals surface area contributed by atoms with Gasteiger partial charge >= 0.3 is 0 Å². The number of benzene rings is 5. The fourth-order valence-electron chi connectivity index (χ4n) is 8.66. The number of hydrogen-bond donors (Lipinski definition) is 4. The first kappa shape index (κ1) is 73.5. The molecule has 5 aromatic rings. The lowest BCUT2D eigenvalue weighted by Gasteiger charge is -2.21. The zero-order valence-electron chi connectivity index (χ0n) is 48.9. The molecule has 0 saturated carbocycles. The van der Waals surface area contributed by atoms with Crippen LogP contribution in [0, 0.1) is 46.4 Å². The maximum atomic E-state index is 11.7. The average molecular weight is 1320 g/mol. The predicted octanol–water partition coefficient (Wildman–Crippen LogP) is 6.68. The maximum absolute atomic E-state index is 11.7. The molecule has 0 bridgehead atoms. The van der Waals surface area contributed by atoms with E-state index in [-0.39, 0.29) is 121 Å². The number of β-amino-alcohol motifs (C(OH)–C–C–N with tert-alkyl or cyclic N) is 1. The number of nitro groups is 4. The summed E-state index contributed by atoms with van der Waals surface area (Å²) in [4.78, 5) is 110. The van der Waals surface area contributed by atoms with E-state index in [1.54, 1.807) is 78.9 Å². The third-order valence-electron chi connectivity index (χ3n) is 13.2. The second kappa shape index (κ2) is 39.8. The number of aliphatic hydroxyl groups excluding tert-OH is 1. The van der Waals surface area contributed by atoms with Gasteiger partial charge in [-0.05, 0) is 35.7 Å². The van der Waals surface area contributed by atoms with Crippen molar-refractivity contribution in [3.63, 3.8) is 0 Å². The van der Waals surface area contributed by atoms with Crippen LogP contribution >= 0.6 is 15.9 Å². The number of aliphatic hydroxyl groups is 1. The lowest BCUT2D eigenvalue weighted by atomic mass is 9.97. The lowest BCUT2D eigenvalue weighted by molar-refractivity contribution is -0.386. The standard InChI is InChI=1S/C15H17NO3.C14H16N2O6.C10H11NO4.C10H11NO3.C7H6BrNO2.C4H5NO2.H4N2/c17-14-5-6-15(18)16(14)8-11-7-12-3-1-2-4-13(12)10-19-9-11;17-11(7-15-13(18)5-6-14(15)19)9-22-8-10-3-1-2-4-12(10)16(20)21;12-11(13)10-4-2-1-3-8(10)5-14-6-9-7-15-9;1-2-7-14-8-9-5-3-4-6-10(9)11(12)13;8-5-6-3-1-2-4-7(6)9(10)11;6-3-1-2-4(7)5-3;1-2/h1-4,11H,5-10H2;1-4,11,17H,5-9H2;1-4,9H,5-7H2;2-6H,1,7-8H2;1-4H,5H2;1-2H2,(H,5,6,7);1-2H2. The van der Waals surface area contributed by atoms with Gasteiger partial charge in [0.2, 0.25) is 35.4 Å². The summed E-state index contributed by atoms with van der Waals surface area (Å²) in [5, 5.41) is 54.9. The Morgan fingerprint density at radius 3 is 1.40 bits per heavy atom. The largest absolute Gasteiger partial charge is 0.389 e. The Morgan fingerprint density at radius 1 is 0.589 bits per heavy atom. The molecule has 0 radical (unpaired) electrons. The Kier molecular flexibility index (Phi) is 32.5. The molecule has 5 heterocycles. The van der Waals surface area contributed by atoms with Crippen molar-refractivity contribution in [3.05, 3.63) is 208 Å². The Balaban J connectivity index is 0.000000236. The first-order valence-electron chi connectivity index (χ1n) is 27.9. The van der Waals surface area contributed by atoms with E-state index in [1.165, 1.54) is 40.3 Å². The monoisotopic (exact) mass is 1320 g/mol. The van der Waals surface area contributed by atoms with E-state index in [2.05, 4.69) is 51.6 Å². The number of nitrogens with one attached hydrogen (secondary N) is 1. The topological polar surface area (TPSA) is 415 Å². The normalized spacial score (nSPS) is 16.3. The van der Waals surface area contributed by atoms with Gasteiger partial charge in [0.1, 0.15) is 6.10 Å². The molecule has 5 aromatic carbocycles. The summed E-state index contributed by atoms with van der Waals surface area (Å²) in [7, 11) is 0. The molecule has 0 spiro atoms. The second-order valence-corrected chi connectivity index (χ2v) is 20.3. The van der Waals surface area contributed by atoms with Gasteiger partial charge in [0, 0.05) is 86.1 Å². The molecule has 30 heteroatoms. The number of carbonyl (C=O) groups is 6. The highest BCUT2D eigenvalue weighted by molar-refractivity contribution is 9.08. The number of nitro benzene ring substituents is 4. The van der Waals surface area contributed by atoms with Crippen LogP contribution < -0.4 is 17.0 Å². The van der Waals surface area contributed by atoms with Gasteiger partial charge < -0.3 is 28.8 Å². The van der Waals surface area contributed by atoms with Crippen LogP contribution in [0.15, 0.2) is 134 Å². The highest BCUT2D eigenvalue weighted by Crippen LogP contribution is 2.25. The molecule has 4 fully saturated rings. The van der Waals surface area contributed by atoms with Crippen LogP contribution in [0.2, 0.25) is 0 Å². The van der Waals surface area contributed by atoms with Gasteiger partial charge in [-0.2, -0.15) is 0 Å². The number of imide groups is 3. The van der Waals surface area contributed by atoms with Gasteiger partial charge in [0.05, 0.1) is 108 Å². The number of rotatable bonds is 21. The van der Waals surface area contributed by atoms with Crippen LogP contribution in [0.1, 0.15) is 71.9 Å². The number of epoxide rings is 1. The fourth-order valence-corrected chi connectivity index (χ4v) is 9.13. The number of hydrazine groups is 1. The van der Waals surface area contributed by atoms with E-state index in [9.17, 15) is 74.3 Å². The molecule has 0 aliphatic carbocycles. The summed E-state index contributed by atoms with van der Waals surface area (Å²) in [6, 6.07) is 34.1. The minimum Gasteiger partial charge on any atom is -0.389 e. The first-order valence-corrected chi connectivity index (χ1v) is 29.0. The molecule has 3 atom stereocenters. The summed E-state index contributed by atoms with van der Waals surface area (Å²) >= 11 is 3.17. The molecule has 29 nitrogen and oxygen atoms in total. The molecular formula is C60H70BrN9O20. The highest BCUT2D eigenvalue weighted by atomic mass is 79.9. The smallest absolute Gasteiger partial charge is 0.274 e. The van der Waals surface area contributed by atoms with Gasteiger partial charge in [0.15, 0.2) is 0 Å². The zero-order valence-corrected chi connectivity index (χ0v) is 50.5. The molecule has 5 aliphatic heterocycles. The molecule has 10 rings (SSSR count). The summed E-state index contributed by atoms with van der Waals surface area (Å²) in [6.45, 7) is 7.07. The number of nitrogens with zero attached hydrogens (tertiary/aromatic N) is 6. The Bertz CT molecular complexity index is 3210. The fraction of sp³-hybridized carbons (Fsp3) is 0.367. The molecule has 6 N–H and O–H groups in total. The van der Waals surface area contributed by atoms with Crippen molar-refractivity contribution in [1.82, 2.24) is 15.1 Å². The van der Waals surface area contributed by atoms with Crippen LogP contribution in [0.3, 0.4) is 0 Å². The summed E-state index contributed by atoms with van der Waals surface area (Å²) in [6.07, 6.45) is 3.46. The predicted molar refractivity (Wildman–Crippen MR) is 326 cm³/mol. The van der Waals surface area contributed by atoms with Crippen molar-refractivity contribution in [2.45, 2.75) is 88.9 Å². The van der Waals surface area contributed by atoms with Crippen LogP contribution in [-0.4, -0.2) is 128 Å². The van der Waals surface area contributed by atoms with Gasteiger partial charge in [-0.15, -0.1) is 6.58 Å². The lowest BCUT2D eigenvalue weighted by Crippen LogP contribution is -2.38. The van der Waals surface area contributed by atoms with Crippen molar-refractivity contribution < 1.29 is 77.3 Å². The van der Waals surface area contributed by atoms with Gasteiger partial charge in [-0.1, -0.05) is 101 Å². The molecule has 5 aliphatic rings. The molecule has 3 unspecified atom stereocenters. The number of hydrogen-bond acceptors (Lipinski definition) is 22. The third kappa shape index (κ3) is 25.6. The van der Waals surface area contributed by atoms with E-state index in [0.29, 0.717) is 86.2 Å². The zero-order chi connectivity index (χ0) is 66.0. The number of ether oxygens (including phenoxy) is 5. The number of carbonyl (C=O) groups excluding carboxylic acids is 6. The molecule has 0 aromatic heterocycles. The number of amides is 6. The minimum atomic E-state index is -1.02. The van der Waals surface area contributed by atoms with E-state index in [1.807, 2.05) is 12.1 Å². The number of halogens is 1. The van der Waals surface area contributed by atoms with Crippen molar-refractivity contribution in [3.8, 4) is 0 Å². The Morgan fingerprint density at radius 2 is 0.989 bits per heavy atom.